The van der Waals surface area contributed by atoms with E-state index in [2.05, 4.69) is 5.32 Å². The van der Waals surface area contributed by atoms with Gasteiger partial charge in [-0.25, -0.2) is 4.79 Å². The Balaban J connectivity index is 2.14. The number of hydrogen-bond acceptors (Lipinski definition) is 3. The van der Waals surface area contributed by atoms with E-state index in [9.17, 15) is 9.59 Å². The highest BCUT2D eigenvalue weighted by atomic mass is 16.4. The Morgan fingerprint density at radius 2 is 2.00 bits per heavy atom. The van der Waals surface area contributed by atoms with Crippen molar-refractivity contribution in [2.45, 2.75) is 31.7 Å². The van der Waals surface area contributed by atoms with E-state index in [0.29, 0.717) is 11.3 Å². The monoisotopic (exact) mass is 287 g/mol. The molecule has 1 saturated carbocycles. The van der Waals surface area contributed by atoms with Crippen LogP contribution in [0.2, 0.25) is 0 Å². The molecule has 2 amide bonds. The van der Waals surface area contributed by atoms with Crippen molar-refractivity contribution in [3.05, 3.63) is 29.8 Å². The molecular weight excluding hydrogens is 270 g/mol. The Morgan fingerprint density at radius 3 is 2.62 bits per heavy atom. The maximum atomic E-state index is 12.3. The Labute approximate surface area is 123 Å². The van der Waals surface area contributed by atoms with Gasteiger partial charge in [-0.3, -0.25) is 4.79 Å². The molecule has 6 heteroatoms. The number of para-hydroxylation sites is 1. The van der Waals surface area contributed by atoms with E-state index in [0.717, 1.165) is 25.7 Å². The van der Waals surface area contributed by atoms with Gasteiger partial charge in [0.15, 0.2) is 0 Å². The third kappa shape index (κ3) is 3.72. The second-order valence-electron chi connectivity index (χ2n) is 5.05. The summed E-state index contributed by atoms with van der Waals surface area (Å²) >= 11 is 0. The summed E-state index contributed by atoms with van der Waals surface area (Å²) in [6.07, 6.45) is 3.65. The Morgan fingerprint density at radius 1 is 1.33 bits per heavy atom. The second-order valence-corrected chi connectivity index (χ2v) is 5.05. The minimum absolute atomic E-state index is 0.0460. The molecule has 0 aromatic heterocycles. The maximum Gasteiger partial charge on any atom is 0.323 e. The summed E-state index contributed by atoms with van der Waals surface area (Å²) in [5.74, 6) is -1.04. The molecule has 0 aliphatic heterocycles. The Bertz CT molecular complexity index is 574. The molecule has 0 bridgehead atoms. The van der Waals surface area contributed by atoms with Crippen molar-refractivity contribution in [1.82, 2.24) is 4.90 Å². The summed E-state index contributed by atoms with van der Waals surface area (Å²) in [6.45, 7) is -0.328. The number of urea groups is 1. The average molecular weight is 287 g/mol. The fraction of sp³-hybridized carbons (Fsp3) is 0.400. The van der Waals surface area contributed by atoms with E-state index < -0.39 is 12.0 Å². The SMILES string of the molecule is N#Cc1ccccc1NC(=O)N(CC(=O)O)C1CCCC1. The third-order valence-corrected chi connectivity index (χ3v) is 3.62. The van der Waals surface area contributed by atoms with Gasteiger partial charge in [-0.15, -0.1) is 0 Å². The van der Waals surface area contributed by atoms with Gasteiger partial charge in [0.25, 0.3) is 0 Å². The summed E-state index contributed by atoms with van der Waals surface area (Å²) in [5.41, 5.74) is 0.755. The van der Waals surface area contributed by atoms with Crippen LogP contribution in [0.5, 0.6) is 0 Å². The standard InChI is InChI=1S/C15H17N3O3/c16-9-11-5-1-4-8-13(11)17-15(21)18(10-14(19)20)12-6-2-3-7-12/h1,4-5,8,12H,2-3,6-7,10H2,(H,17,21)(H,19,20). The number of amides is 2. The minimum atomic E-state index is -1.04. The molecule has 1 fully saturated rings. The van der Waals surface area contributed by atoms with Crippen LogP contribution in [0.1, 0.15) is 31.2 Å². The summed E-state index contributed by atoms with van der Waals surface area (Å²) in [5, 5.41) is 20.6. The number of rotatable bonds is 4. The van der Waals surface area contributed by atoms with Gasteiger partial charge in [0.05, 0.1) is 11.3 Å². The molecule has 1 aliphatic rings. The molecule has 0 heterocycles. The van der Waals surface area contributed by atoms with E-state index in [1.54, 1.807) is 24.3 Å². The Kier molecular flexibility index (Phi) is 4.77. The van der Waals surface area contributed by atoms with Gasteiger partial charge in [0, 0.05) is 6.04 Å². The molecule has 2 N–H and O–H groups in total. The zero-order valence-electron chi connectivity index (χ0n) is 11.6. The van der Waals surface area contributed by atoms with Crippen LogP contribution in [-0.2, 0) is 4.79 Å². The van der Waals surface area contributed by atoms with Crippen LogP contribution in [0.15, 0.2) is 24.3 Å². The van der Waals surface area contributed by atoms with Gasteiger partial charge in [-0.1, -0.05) is 25.0 Å². The Hall–Kier alpha value is -2.55. The minimum Gasteiger partial charge on any atom is -0.480 e. The van der Waals surface area contributed by atoms with Crippen LogP contribution in [0, 0.1) is 11.3 Å². The molecule has 1 aliphatic carbocycles. The molecule has 1 aromatic rings. The summed E-state index contributed by atoms with van der Waals surface area (Å²) in [4.78, 5) is 24.7. The molecule has 21 heavy (non-hydrogen) atoms. The van der Waals surface area contributed by atoms with Gasteiger partial charge in [-0.05, 0) is 25.0 Å². The predicted molar refractivity (Wildman–Crippen MR) is 76.8 cm³/mol. The van der Waals surface area contributed by atoms with Crippen LogP contribution >= 0.6 is 0 Å². The van der Waals surface area contributed by atoms with Crippen molar-refractivity contribution in [1.29, 1.82) is 5.26 Å². The molecule has 0 spiro atoms. The number of benzene rings is 1. The van der Waals surface area contributed by atoms with Gasteiger partial charge >= 0.3 is 12.0 Å². The number of carboxylic acid groups (broad SMARTS) is 1. The van der Waals surface area contributed by atoms with E-state index in [4.69, 9.17) is 10.4 Å². The largest absolute Gasteiger partial charge is 0.480 e. The van der Waals surface area contributed by atoms with Crippen molar-refractivity contribution >= 4 is 17.7 Å². The quantitative estimate of drug-likeness (QED) is 0.889. The molecular formula is C15H17N3O3. The molecule has 1 aromatic carbocycles. The predicted octanol–water partition coefficient (Wildman–Crippen LogP) is 2.42. The number of hydrogen-bond donors (Lipinski definition) is 2. The first-order chi connectivity index (χ1) is 10.1. The van der Waals surface area contributed by atoms with E-state index >= 15 is 0 Å². The zero-order chi connectivity index (χ0) is 15.2. The van der Waals surface area contributed by atoms with E-state index in [-0.39, 0.29) is 12.6 Å². The number of carbonyl (C=O) groups excluding carboxylic acids is 1. The molecule has 2 rings (SSSR count). The lowest BCUT2D eigenvalue weighted by Crippen LogP contribution is -2.44. The van der Waals surface area contributed by atoms with Crippen LogP contribution in [-0.4, -0.2) is 34.6 Å². The van der Waals surface area contributed by atoms with Gasteiger partial charge in [-0.2, -0.15) is 5.26 Å². The fourth-order valence-electron chi connectivity index (χ4n) is 2.61. The lowest BCUT2D eigenvalue weighted by atomic mass is 10.2. The number of anilines is 1. The summed E-state index contributed by atoms with van der Waals surface area (Å²) in [7, 11) is 0. The molecule has 0 unspecified atom stereocenters. The van der Waals surface area contributed by atoms with Gasteiger partial charge in [0.2, 0.25) is 0 Å². The number of nitriles is 1. The lowest BCUT2D eigenvalue weighted by Gasteiger charge is -2.27. The lowest BCUT2D eigenvalue weighted by molar-refractivity contribution is -0.138. The number of carboxylic acids is 1. The second kappa shape index (κ2) is 6.75. The third-order valence-electron chi connectivity index (χ3n) is 3.62. The fourth-order valence-corrected chi connectivity index (χ4v) is 2.61. The van der Waals surface area contributed by atoms with E-state index in [1.165, 1.54) is 4.90 Å². The number of nitrogens with one attached hydrogen (secondary N) is 1. The highest BCUT2D eigenvalue weighted by Gasteiger charge is 2.28. The molecule has 0 atom stereocenters. The van der Waals surface area contributed by atoms with Crippen LogP contribution in [0.4, 0.5) is 10.5 Å². The normalized spacial score (nSPS) is 14.4. The van der Waals surface area contributed by atoms with Gasteiger partial charge < -0.3 is 15.3 Å². The van der Waals surface area contributed by atoms with Crippen molar-refractivity contribution < 1.29 is 14.7 Å². The first-order valence-electron chi connectivity index (χ1n) is 6.90. The zero-order valence-corrected chi connectivity index (χ0v) is 11.6. The summed E-state index contributed by atoms with van der Waals surface area (Å²) in [6, 6.07) is 8.15. The molecule has 110 valence electrons. The first kappa shape index (κ1) is 14.9. The number of nitrogens with zero attached hydrogens (tertiary/aromatic N) is 2. The van der Waals surface area contributed by atoms with E-state index in [1.807, 2.05) is 6.07 Å². The highest BCUT2D eigenvalue weighted by Crippen LogP contribution is 2.24. The van der Waals surface area contributed by atoms with Gasteiger partial charge in [0.1, 0.15) is 12.6 Å². The topological polar surface area (TPSA) is 93.4 Å². The van der Waals surface area contributed by atoms with Crippen molar-refractivity contribution in [2.75, 3.05) is 11.9 Å². The first-order valence-corrected chi connectivity index (χ1v) is 6.90. The number of aliphatic carboxylic acids is 1. The van der Waals surface area contributed by atoms with Crippen molar-refractivity contribution in [3.63, 3.8) is 0 Å². The molecule has 0 radical (unpaired) electrons. The average Bonchev–Trinajstić information content (AvgIpc) is 2.99. The number of carbonyl (C=O) groups is 2. The smallest absolute Gasteiger partial charge is 0.323 e. The van der Waals surface area contributed by atoms with Crippen LogP contribution < -0.4 is 5.32 Å². The highest BCUT2D eigenvalue weighted by molar-refractivity contribution is 5.92. The van der Waals surface area contributed by atoms with Crippen molar-refractivity contribution in [2.24, 2.45) is 0 Å². The molecule has 6 nitrogen and oxygen atoms in total. The van der Waals surface area contributed by atoms with Crippen LogP contribution in [0.25, 0.3) is 0 Å². The van der Waals surface area contributed by atoms with Crippen molar-refractivity contribution in [3.8, 4) is 6.07 Å². The summed E-state index contributed by atoms with van der Waals surface area (Å²) < 4.78 is 0. The van der Waals surface area contributed by atoms with Crippen LogP contribution in [0.3, 0.4) is 0 Å². The maximum absolute atomic E-state index is 12.3. The molecule has 0 saturated heterocycles.